The molecule has 122 valence electrons. The standard InChI is InChI=1S/C18H23N3OS/c1-11-8-16(20-19-11)13-4-3-7-21(10-13)18(22)15-9-14(15)17-6-5-12(2)23-17/h5-6,8,13-15H,3-4,7,9-10H2,1-2H3,(H,19,20). The molecule has 5 heteroatoms. The molecule has 0 bridgehead atoms. The van der Waals surface area contributed by atoms with E-state index in [1.807, 2.05) is 18.3 Å². The Hall–Kier alpha value is -1.62. The highest BCUT2D eigenvalue weighted by Crippen LogP contribution is 2.50. The van der Waals surface area contributed by atoms with E-state index in [9.17, 15) is 4.79 Å². The highest BCUT2D eigenvalue weighted by molar-refractivity contribution is 7.12. The lowest BCUT2D eigenvalue weighted by Gasteiger charge is -2.32. The van der Waals surface area contributed by atoms with Crippen molar-refractivity contribution in [1.29, 1.82) is 0 Å². The molecular weight excluding hydrogens is 306 g/mol. The molecule has 1 aliphatic heterocycles. The predicted molar refractivity (Wildman–Crippen MR) is 91.8 cm³/mol. The Bertz CT molecular complexity index is 719. The second-order valence-electron chi connectivity index (χ2n) is 7.00. The normalized spacial score (nSPS) is 27.2. The topological polar surface area (TPSA) is 49.0 Å². The van der Waals surface area contributed by atoms with E-state index < -0.39 is 0 Å². The van der Waals surface area contributed by atoms with Crippen molar-refractivity contribution in [3.8, 4) is 0 Å². The van der Waals surface area contributed by atoms with Crippen LogP contribution in [0.15, 0.2) is 18.2 Å². The van der Waals surface area contributed by atoms with Gasteiger partial charge in [0, 0.05) is 46.3 Å². The van der Waals surface area contributed by atoms with Crippen LogP contribution in [0.25, 0.3) is 0 Å². The molecule has 2 aliphatic rings. The number of thiophene rings is 1. The third-order valence-corrected chi connectivity index (χ3v) is 6.24. The molecular formula is C18H23N3OS. The number of rotatable bonds is 3. The summed E-state index contributed by atoms with van der Waals surface area (Å²) >= 11 is 1.84. The van der Waals surface area contributed by atoms with Crippen LogP contribution in [0.4, 0.5) is 0 Å². The summed E-state index contributed by atoms with van der Waals surface area (Å²) in [6.07, 6.45) is 3.24. The molecule has 0 radical (unpaired) electrons. The molecule has 3 heterocycles. The van der Waals surface area contributed by atoms with E-state index in [-0.39, 0.29) is 5.92 Å². The van der Waals surface area contributed by atoms with Crippen molar-refractivity contribution in [3.63, 3.8) is 0 Å². The number of piperidine rings is 1. The molecule has 1 amide bonds. The van der Waals surface area contributed by atoms with Gasteiger partial charge in [-0.05, 0) is 51.3 Å². The number of carbonyl (C=O) groups excluding carboxylic acids is 1. The number of likely N-dealkylation sites (tertiary alicyclic amines) is 1. The number of amides is 1. The van der Waals surface area contributed by atoms with Crippen LogP contribution in [0.5, 0.6) is 0 Å². The number of hydrogen-bond acceptors (Lipinski definition) is 3. The van der Waals surface area contributed by atoms with E-state index >= 15 is 0 Å². The van der Waals surface area contributed by atoms with Gasteiger partial charge in [-0.1, -0.05) is 0 Å². The van der Waals surface area contributed by atoms with E-state index in [0.29, 0.717) is 17.7 Å². The van der Waals surface area contributed by atoms with Crippen molar-refractivity contribution in [2.45, 2.75) is 44.9 Å². The van der Waals surface area contributed by atoms with Gasteiger partial charge in [-0.25, -0.2) is 0 Å². The van der Waals surface area contributed by atoms with Crippen LogP contribution in [0.1, 0.15) is 52.2 Å². The quantitative estimate of drug-likeness (QED) is 0.935. The average molecular weight is 329 g/mol. The van der Waals surface area contributed by atoms with Gasteiger partial charge in [0.1, 0.15) is 0 Å². The Morgan fingerprint density at radius 1 is 1.39 bits per heavy atom. The Morgan fingerprint density at radius 2 is 2.26 bits per heavy atom. The number of aromatic nitrogens is 2. The van der Waals surface area contributed by atoms with E-state index in [0.717, 1.165) is 43.7 Å². The third kappa shape index (κ3) is 2.94. The number of carbonyl (C=O) groups is 1. The highest BCUT2D eigenvalue weighted by Gasteiger charge is 2.47. The first-order chi connectivity index (χ1) is 11.1. The fourth-order valence-corrected chi connectivity index (χ4v) is 4.79. The van der Waals surface area contributed by atoms with Gasteiger partial charge in [0.2, 0.25) is 5.91 Å². The van der Waals surface area contributed by atoms with Crippen molar-refractivity contribution in [2.75, 3.05) is 13.1 Å². The van der Waals surface area contributed by atoms with Gasteiger partial charge in [0.25, 0.3) is 0 Å². The third-order valence-electron chi connectivity index (χ3n) is 5.11. The molecule has 3 unspecified atom stereocenters. The SMILES string of the molecule is Cc1cc(C2CCCN(C(=O)C3CC3c3ccc(C)s3)C2)n[nH]1. The van der Waals surface area contributed by atoms with Crippen molar-refractivity contribution in [3.05, 3.63) is 39.3 Å². The summed E-state index contributed by atoms with van der Waals surface area (Å²) in [7, 11) is 0. The Kier molecular flexibility index (Phi) is 3.76. The van der Waals surface area contributed by atoms with Gasteiger partial charge < -0.3 is 4.90 Å². The molecule has 2 aromatic heterocycles. The number of nitrogens with one attached hydrogen (secondary N) is 1. The molecule has 2 aromatic rings. The average Bonchev–Trinajstić information content (AvgIpc) is 3.04. The fraction of sp³-hybridized carbons (Fsp3) is 0.556. The zero-order valence-electron chi connectivity index (χ0n) is 13.7. The van der Waals surface area contributed by atoms with Crippen LogP contribution in [0, 0.1) is 19.8 Å². The second-order valence-corrected chi connectivity index (χ2v) is 8.32. The van der Waals surface area contributed by atoms with Gasteiger partial charge in [0.15, 0.2) is 0 Å². The smallest absolute Gasteiger partial charge is 0.226 e. The van der Waals surface area contributed by atoms with Crippen molar-refractivity contribution in [2.24, 2.45) is 5.92 Å². The minimum absolute atomic E-state index is 0.215. The Balaban J connectivity index is 1.41. The first-order valence-corrected chi connectivity index (χ1v) is 9.30. The molecule has 0 aromatic carbocycles. The molecule has 1 aliphatic carbocycles. The number of aryl methyl sites for hydroxylation is 2. The molecule has 1 N–H and O–H groups in total. The molecule has 23 heavy (non-hydrogen) atoms. The Labute approximate surface area is 140 Å². The van der Waals surface area contributed by atoms with Crippen molar-refractivity contribution < 1.29 is 4.79 Å². The van der Waals surface area contributed by atoms with E-state index in [1.165, 1.54) is 9.75 Å². The molecule has 1 saturated heterocycles. The predicted octanol–water partition coefficient (Wildman–Crippen LogP) is 3.60. The summed E-state index contributed by atoms with van der Waals surface area (Å²) in [6, 6.07) is 6.48. The summed E-state index contributed by atoms with van der Waals surface area (Å²) in [5.41, 5.74) is 2.21. The molecule has 0 spiro atoms. The van der Waals surface area contributed by atoms with Gasteiger partial charge in [-0.3, -0.25) is 9.89 Å². The minimum Gasteiger partial charge on any atom is -0.342 e. The van der Waals surface area contributed by atoms with Crippen LogP contribution >= 0.6 is 11.3 Å². The lowest BCUT2D eigenvalue weighted by atomic mass is 9.94. The van der Waals surface area contributed by atoms with E-state index in [1.54, 1.807) is 0 Å². The molecule has 1 saturated carbocycles. The van der Waals surface area contributed by atoms with Crippen molar-refractivity contribution >= 4 is 17.2 Å². The number of hydrogen-bond donors (Lipinski definition) is 1. The zero-order chi connectivity index (χ0) is 16.0. The van der Waals surface area contributed by atoms with Crippen LogP contribution in [0.2, 0.25) is 0 Å². The van der Waals surface area contributed by atoms with Gasteiger partial charge in [-0.15, -0.1) is 11.3 Å². The zero-order valence-corrected chi connectivity index (χ0v) is 14.5. The maximum atomic E-state index is 12.8. The monoisotopic (exact) mass is 329 g/mol. The summed E-state index contributed by atoms with van der Waals surface area (Å²) < 4.78 is 0. The molecule has 2 fully saturated rings. The lowest BCUT2D eigenvalue weighted by Crippen LogP contribution is -2.40. The second kappa shape index (κ2) is 5.78. The molecule has 3 atom stereocenters. The van der Waals surface area contributed by atoms with Gasteiger partial charge in [-0.2, -0.15) is 5.10 Å². The molecule has 4 nitrogen and oxygen atoms in total. The Morgan fingerprint density at radius 3 is 2.96 bits per heavy atom. The minimum atomic E-state index is 0.215. The van der Waals surface area contributed by atoms with Crippen LogP contribution in [-0.4, -0.2) is 34.1 Å². The van der Waals surface area contributed by atoms with Crippen LogP contribution in [0.3, 0.4) is 0 Å². The summed E-state index contributed by atoms with van der Waals surface area (Å²) in [6.45, 7) is 5.90. The molecule has 4 rings (SSSR count). The first kappa shape index (κ1) is 14.9. The highest BCUT2D eigenvalue weighted by atomic mass is 32.1. The summed E-state index contributed by atoms with van der Waals surface area (Å²) in [5, 5.41) is 7.42. The summed E-state index contributed by atoms with van der Waals surface area (Å²) in [5.74, 6) is 1.43. The van der Waals surface area contributed by atoms with Gasteiger partial charge >= 0.3 is 0 Å². The maximum absolute atomic E-state index is 12.8. The number of aromatic amines is 1. The van der Waals surface area contributed by atoms with Crippen LogP contribution in [-0.2, 0) is 4.79 Å². The summed E-state index contributed by atoms with van der Waals surface area (Å²) in [4.78, 5) is 17.6. The van der Waals surface area contributed by atoms with Gasteiger partial charge in [0.05, 0.1) is 5.69 Å². The largest absolute Gasteiger partial charge is 0.342 e. The van der Waals surface area contributed by atoms with Crippen molar-refractivity contribution in [1.82, 2.24) is 15.1 Å². The number of nitrogens with zero attached hydrogens (tertiary/aromatic N) is 2. The number of H-pyrrole nitrogens is 1. The lowest BCUT2D eigenvalue weighted by molar-refractivity contribution is -0.133. The first-order valence-electron chi connectivity index (χ1n) is 8.49. The van der Waals surface area contributed by atoms with E-state index in [4.69, 9.17) is 0 Å². The van der Waals surface area contributed by atoms with Crippen LogP contribution < -0.4 is 0 Å². The maximum Gasteiger partial charge on any atom is 0.226 e. The van der Waals surface area contributed by atoms with E-state index in [2.05, 4.69) is 40.2 Å². The fourth-order valence-electron chi connectivity index (χ4n) is 3.74.